The Bertz CT molecular complexity index is 420. The van der Waals surface area contributed by atoms with Crippen molar-refractivity contribution in [3.8, 4) is 0 Å². The summed E-state index contributed by atoms with van der Waals surface area (Å²) in [7, 11) is 0. The van der Waals surface area contributed by atoms with E-state index in [-0.39, 0.29) is 11.7 Å². The number of ketones is 1. The minimum atomic E-state index is 0.209. The molecule has 0 aliphatic heterocycles. The van der Waals surface area contributed by atoms with Crippen LogP contribution in [0.5, 0.6) is 0 Å². The van der Waals surface area contributed by atoms with Crippen molar-refractivity contribution in [2.24, 2.45) is 5.92 Å². The fourth-order valence-electron chi connectivity index (χ4n) is 1.30. The molecule has 1 aliphatic rings. The zero-order valence-corrected chi connectivity index (χ0v) is 9.55. The third-order valence-electron chi connectivity index (χ3n) is 2.36. The van der Waals surface area contributed by atoms with Crippen LogP contribution in [-0.4, -0.2) is 5.78 Å². The van der Waals surface area contributed by atoms with Crippen LogP contribution in [0.2, 0.25) is 10.0 Å². The third kappa shape index (κ3) is 2.83. The highest BCUT2D eigenvalue weighted by Crippen LogP contribution is 2.30. The van der Waals surface area contributed by atoms with E-state index in [4.69, 9.17) is 23.2 Å². The number of halogens is 2. The molecule has 1 fully saturated rings. The number of hydrogen-bond acceptors (Lipinski definition) is 1. The van der Waals surface area contributed by atoms with Gasteiger partial charge in [-0.2, -0.15) is 0 Å². The van der Waals surface area contributed by atoms with Crippen molar-refractivity contribution in [2.75, 3.05) is 0 Å². The van der Waals surface area contributed by atoms with Crippen molar-refractivity contribution in [2.45, 2.75) is 12.8 Å². The van der Waals surface area contributed by atoms with Gasteiger partial charge in [0.1, 0.15) is 0 Å². The van der Waals surface area contributed by atoms with Gasteiger partial charge in [0.15, 0.2) is 5.78 Å². The Kier molecular flexibility index (Phi) is 3.13. The van der Waals surface area contributed by atoms with E-state index in [1.54, 1.807) is 24.3 Å². The molecule has 0 unspecified atom stereocenters. The van der Waals surface area contributed by atoms with Crippen molar-refractivity contribution in [1.82, 2.24) is 0 Å². The maximum atomic E-state index is 11.4. The molecule has 2 rings (SSSR count). The van der Waals surface area contributed by atoms with E-state index in [9.17, 15) is 4.79 Å². The zero-order valence-electron chi connectivity index (χ0n) is 8.04. The van der Waals surface area contributed by atoms with E-state index in [1.807, 2.05) is 6.07 Å². The molecule has 3 heteroatoms. The Labute approximate surface area is 98.7 Å². The molecular formula is C12H10Cl2O. The van der Waals surface area contributed by atoms with Gasteiger partial charge in [-0.05, 0) is 36.6 Å². The SMILES string of the molecule is O=C(/C=C/c1ccc(Cl)c(Cl)c1)C1CC1. The maximum Gasteiger partial charge on any atom is 0.158 e. The molecule has 1 aromatic carbocycles. The predicted molar refractivity (Wildman–Crippen MR) is 63.2 cm³/mol. The number of carbonyl (C=O) groups is 1. The molecule has 0 amide bonds. The average molecular weight is 241 g/mol. The lowest BCUT2D eigenvalue weighted by molar-refractivity contribution is -0.115. The molecule has 1 aliphatic carbocycles. The fourth-order valence-corrected chi connectivity index (χ4v) is 1.60. The number of benzene rings is 1. The van der Waals surface area contributed by atoms with E-state index in [1.165, 1.54) is 0 Å². The summed E-state index contributed by atoms with van der Waals surface area (Å²) >= 11 is 11.6. The van der Waals surface area contributed by atoms with Crippen LogP contribution in [0.4, 0.5) is 0 Å². The Hall–Kier alpha value is -0.790. The number of allylic oxidation sites excluding steroid dienone is 1. The van der Waals surface area contributed by atoms with Gasteiger partial charge < -0.3 is 0 Å². The summed E-state index contributed by atoms with van der Waals surface area (Å²) in [5.41, 5.74) is 0.901. The summed E-state index contributed by atoms with van der Waals surface area (Å²) in [5, 5.41) is 1.04. The van der Waals surface area contributed by atoms with Crippen molar-refractivity contribution < 1.29 is 4.79 Å². The molecule has 1 saturated carbocycles. The summed E-state index contributed by atoms with van der Waals surface area (Å²) in [6.07, 6.45) is 5.47. The minimum Gasteiger partial charge on any atom is -0.295 e. The fraction of sp³-hybridized carbons (Fsp3) is 0.250. The van der Waals surface area contributed by atoms with E-state index < -0.39 is 0 Å². The molecule has 0 aromatic heterocycles. The van der Waals surface area contributed by atoms with E-state index in [2.05, 4.69) is 0 Å². The highest BCUT2D eigenvalue weighted by Gasteiger charge is 2.27. The lowest BCUT2D eigenvalue weighted by atomic mass is 10.1. The highest BCUT2D eigenvalue weighted by atomic mass is 35.5. The van der Waals surface area contributed by atoms with Crippen LogP contribution in [0.1, 0.15) is 18.4 Å². The molecule has 15 heavy (non-hydrogen) atoms. The highest BCUT2D eigenvalue weighted by molar-refractivity contribution is 6.42. The summed E-state index contributed by atoms with van der Waals surface area (Å²) in [6.45, 7) is 0. The van der Waals surface area contributed by atoms with Crippen LogP contribution >= 0.6 is 23.2 Å². The van der Waals surface area contributed by atoms with Crippen LogP contribution < -0.4 is 0 Å². The molecule has 0 N–H and O–H groups in total. The Morgan fingerprint density at radius 2 is 2.00 bits per heavy atom. The molecule has 0 spiro atoms. The van der Waals surface area contributed by atoms with Crippen molar-refractivity contribution in [3.63, 3.8) is 0 Å². The quantitative estimate of drug-likeness (QED) is 0.731. The van der Waals surface area contributed by atoms with Crippen molar-refractivity contribution in [1.29, 1.82) is 0 Å². The second-order valence-corrected chi connectivity index (χ2v) is 4.50. The van der Waals surface area contributed by atoms with Crippen LogP contribution in [-0.2, 0) is 4.79 Å². The first-order valence-corrected chi connectivity index (χ1v) is 5.59. The molecule has 0 saturated heterocycles. The lowest BCUT2D eigenvalue weighted by Crippen LogP contribution is -1.93. The van der Waals surface area contributed by atoms with Gasteiger partial charge in [0.05, 0.1) is 10.0 Å². The predicted octanol–water partition coefficient (Wildman–Crippen LogP) is 3.99. The average Bonchev–Trinajstić information content (AvgIpc) is 3.03. The monoisotopic (exact) mass is 240 g/mol. The van der Waals surface area contributed by atoms with Gasteiger partial charge in [-0.1, -0.05) is 35.3 Å². The Morgan fingerprint density at radius 1 is 1.27 bits per heavy atom. The largest absolute Gasteiger partial charge is 0.295 e. The molecule has 1 aromatic rings. The van der Waals surface area contributed by atoms with E-state index in [0.717, 1.165) is 18.4 Å². The molecule has 1 nitrogen and oxygen atoms in total. The smallest absolute Gasteiger partial charge is 0.158 e. The van der Waals surface area contributed by atoms with Crippen LogP contribution in [0, 0.1) is 5.92 Å². The summed E-state index contributed by atoms with van der Waals surface area (Å²) < 4.78 is 0. The van der Waals surface area contributed by atoms with Crippen LogP contribution in [0.25, 0.3) is 6.08 Å². The number of carbonyl (C=O) groups excluding carboxylic acids is 1. The summed E-state index contributed by atoms with van der Waals surface area (Å²) in [6, 6.07) is 5.32. The van der Waals surface area contributed by atoms with Gasteiger partial charge in [-0.25, -0.2) is 0 Å². The molecular weight excluding hydrogens is 231 g/mol. The zero-order chi connectivity index (χ0) is 10.8. The number of rotatable bonds is 3. The maximum absolute atomic E-state index is 11.4. The Balaban J connectivity index is 2.09. The van der Waals surface area contributed by atoms with Crippen LogP contribution in [0.3, 0.4) is 0 Å². The van der Waals surface area contributed by atoms with E-state index in [0.29, 0.717) is 10.0 Å². The molecule has 0 atom stereocenters. The lowest BCUT2D eigenvalue weighted by Gasteiger charge is -1.97. The van der Waals surface area contributed by atoms with Crippen LogP contribution in [0.15, 0.2) is 24.3 Å². The second-order valence-electron chi connectivity index (χ2n) is 3.68. The van der Waals surface area contributed by atoms with Gasteiger partial charge in [0.2, 0.25) is 0 Å². The third-order valence-corrected chi connectivity index (χ3v) is 3.10. The molecule has 0 radical (unpaired) electrons. The van der Waals surface area contributed by atoms with Gasteiger partial charge >= 0.3 is 0 Å². The summed E-state index contributed by atoms with van der Waals surface area (Å²) in [4.78, 5) is 11.4. The Morgan fingerprint density at radius 3 is 2.60 bits per heavy atom. The molecule has 0 heterocycles. The first-order valence-electron chi connectivity index (χ1n) is 4.84. The summed E-state index contributed by atoms with van der Waals surface area (Å²) in [5.74, 6) is 0.477. The second kappa shape index (κ2) is 4.38. The van der Waals surface area contributed by atoms with Gasteiger partial charge in [0.25, 0.3) is 0 Å². The number of hydrogen-bond donors (Lipinski definition) is 0. The first-order chi connectivity index (χ1) is 7.16. The van der Waals surface area contributed by atoms with Crippen molar-refractivity contribution >= 4 is 35.1 Å². The topological polar surface area (TPSA) is 17.1 Å². The van der Waals surface area contributed by atoms with Gasteiger partial charge in [0, 0.05) is 5.92 Å². The van der Waals surface area contributed by atoms with E-state index >= 15 is 0 Å². The standard InChI is InChI=1S/C12H10Cl2O/c13-10-5-1-8(7-11(10)14)2-6-12(15)9-3-4-9/h1-2,5-7,9H,3-4H2/b6-2+. The van der Waals surface area contributed by atoms with Crippen molar-refractivity contribution in [3.05, 3.63) is 39.9 Å². The van der Waals surface area contributed by atoms with Gasteiger partial charge in [-0.15, -0.1) is 0 Å². The molecule has 0 bridgehead atoms. The molecule has 78 valence electrons. The first kappa shape index (κ1) is 10.7. The minimum absolute atomic E-state index is 0.209. The van der Waals surface area contributed by atoms with Gasteiger partial charge in [-0.3, -0.25) is 4.79 Å². The normalized spacial score (nSPS) is 15.9.